The van der Waals surface area contributed by atoms with E-state index in [4.69, 9.17) is 10.4 Å². The Labute approximate surface area is 149 Å². The first-order chi connectivity index (χ1) is 11.9. The normalized spacial score (nSPS) is 11.4. The number of hydrogen-bond acceptors (Lipinski definition) is 5. The van der Waals surface area contributed by atoms with Crippen LogP contribution in [0.1, 0.15) is 22.9 Å². The van der Waals surface area contributed by atoms with Crippen LogP contribution in [-0.2, 0) is 11.2 Å². The van der Waals surface area contributed by atoms with Crippen molar-refractivity contribution in [2.75, 3.05) is 18.9 Å². The van der Waals surface area contributed by atoms with Gasteiger partial charge in [0.2, 0.25) is 0 Å². The largest absolute Gasteiger partial charge is 0.481 e. The zero-order valence-electron chi connectivity index (χ0n) is 13.9. The summed E-state index contributed by atoms with van der Waals surface area (Å²) >= 11 is 1.36. The number of nitriles is 1. The number of hydrogen-bond donors (Lipinski definition) is 2. The van der Waals surface area contributed by atoms with Crippen molar-refractivity contribution in [3.8, 4) is 6.07 Å². The second kappa shape index (κ2) is 8.26. The molecule has 1 atom stereocenters. The van der Waals surface area contributed by atoms with Crippen molar-refractivity contribution in [3.05, 3.63) is 46.5 Å². The Morgan fingerprint density at radius 1 is 1.40 bits per heavy atom. The summed E-state index contributed by atoms with van der Waals surface area (Å²) < 4.78 is 0. The predicted octanol–water partition coefficient (Wildman–Crippen LogP) is 2.79. The van der Waals surface area contributed by atoms with E-state index in [1.165, 1.54) is 16.2 Å². The first-order valence-electron chi connectivity index (χ1n) is 7.57. The number of nitrogens with one attached hydrogen (secondary N) is 1. The van der Waals surface area contributed by atoms with E-state index >= 15 is 0 Å². The molecule has 1 unspecified atom stereocenters. The molecule has 8 heteroatoms. The summed E-state index contributed by atoms with van der Waals surface area (Å²) in [5, 5.41) is 20.8. The number of carbonyl (C=O) groups excluding carboxylic acids is 1. The number of rotatable bonds is 6. The monoisotopic (exact) mass is 358 g/mol. The van der Waals surface area contributed by atoms with Crippen LogP contribution >= 0.6 is 11.3 Å². The average molecular weight is 358 g/mol. The van der Waals surface area contributed by atoms with Gasteiger partial charge >= 0.3 is 12.0 Å². The molecule has 2 aromatic rings. The van der Waals surface area contributed by atoms with Gasteiger partial charge in [-0.1, -0.05) is 19.1 Å². The summed E-state index contributed by atoms with van der Waals surface area (Å²) in [7, 11) is 1.54. The maximum Gasteiger partial charge on any atom is 0.323 e. The van der Waals surface area contributed by atoms with E-state index in [0.717, 1.165) is 10.4 Å². The van der Waals surface area contributed by atoms with Crippen molar-refractivity contribution in [2.45, 2.75) is 13.3 Å². The van der Waals surface area contributed by atoms with Gasteiger partial charge in [0.1, 0.15) is 0 Å². The van der Waals surface area contributed by atoms with E-state index in [1.807, 2.05) is 12.1 Å². The number of aliphatic carboxylic acids is 1. The second-order valence-electron chi connectivity index (χ2n) is 5.67. The lowest BCUT2D eigenvalue weighted by atomic mass is 10.1. The van der Waals surface area contributed by atoms with Crippen molar-refractivity contribution in [2.24, 2.45) is 5.92 Å². The fraction of sp³-hybridized carbons (Fsp3) is 0.294. The third-order valence-electron chi connectivity index (χ3n) is 3.54. The quantitative estimate of drug-likeness (QED) is 0.826. The van der Waals surface area contributed by atoms with Gasteiger partial charge in [0.15, 0.2) is 5.13 Å². The molecular formula is C17H18N4O3S. The highest BCUT2D eigenvalue weighted by Gasteiger charge is 2.18. The minimum Gasteiger partial charge on any atom is -0.481 e. The first kappa shape index (κ1) is 18.4. The van der Waals surface area contributed by atoms with Crippen LogP contribution in [0.4, 0.5) is 9.93 Å². The molecule has 2 N–H and O–H groups in total. The van der Waals surface area contributed by atoms with E-state index in [9.17, 15) is 9.59 Å². The Balaban J connectivity index is 1.93. The van der Waals surface area contributed by atoms with Gasteiger partial charge in [0.05, 0.1) is 17.6 Å². The van der Waals surface area contributed by atoms with E-state index < -0.39 is 17.9 Å². The molecule has 0 fully saturated rings. The minimum atomic E-state index is -0.946. The van der Waals surface area contributed by atoms with Crippen LogP contribution in [0.3, 0.4) is 0 Å². The Morgan fingerprint density at radius 3 is 2.68 bits per heavy atom. The predicted molar refractivity (Wildman–Crippen MR) is 94.5 cm³/mol. The summed E-state index contributed by atoms with van der Waals surface area (Å²) in [4.78, 5) is 29.4. The number of carboxylic acid groups (broad SMARTS) is 1. The van der Waals surface area contributed by atoms with E-state index in [1.54, 1.807) is 32.3 Å². The number of amides is 2. The van der Waals surface area contributed by atoms with E-state index in [0.29, 0.717) is 17.1 Å². The van der Waals surface area contributed by atoms with Crippen LogP contribution < -0.4 is 5.32 Å². The van der Waals surface area contributed by atoms with Crippen LogP contribution in [-0.4, -0.2) is 40.6 Å². The molecule has 7 nitrogen and oxygen atoms in total. The molecule has 0 spiro atoms. The smallest absolute Gasteiger partial charge is 0.323 e. The fourth-order valence-electron chi connectivity index (χ4n) is 2.10. The molecule has 0 aliphatic heterocycles. The highest BCUT2D eigenvalue weighted by Crippen LogP contribution is 2.21. The van der Waals surface area contributed by atoms with Gasteiger partial charge in [-0.25, -0.2) is 9.78 Å². The molecule has 2 amide bonds. The number of thiazole rings is 1. The average Bonchev–Trinajstić information content (AvgIpc) is 3.02. The van der Waals surface area contributed by atoms with Crippen molar-refractivity contribution < 1.29 is 14.7 Å². The molecule has 1 aromatic carbocycles. The second-order valence-corrected chi connectivity index (χ2v) is 6.78. The summed E-state index contributed by atoms with van der Waals surface area (Å²) in [6, 6.07) is 8.98. The number of anilines is 1. The highest BCUT2D eigenvalue weighted by atomic mass is 32.1. The van der Waals surface area contributed by atoms with Crippen LogP contribution in [0, 0.1) is 17.2 Å². The topological polar surface area (TPSA) is 106 Å². The Morgan fingerprint density at radius 2 is 2.08 bits per heavy atom. The van der Waals surface area contributed by atoms with Gasteiger partial charge < -0.3 is 10.0 Å². The highest BCUT2D eigenvalue weighted by molar-refractivity contribution is 7.15. The number of aromatic nitrogens is 1. The lowest BCUT2D eigenvalue weighted by Crippen LogP contribution is -2.36. The summed E-state index contributed by atoms with van der Waals surface area (Å²) in [5.74, 6) is -1.59. The van der Waals surface area contributed by atoms with Gasteiger partial charge in [0, 0.05) is 31.1 Å². The van der Waals surface area contributed by atoms with Gasteiger partial charge in [-0.15, -0.1) is 11.3 Å². The molecule has 0 saturated heterocycles. The number of nitrogens with zero attached hydrogens (tertiary/aromatic N) is 3. The Bertz CT molecular complexity index is 795. The maximum absolute atomic E-state index is 12.1. The van der Waals surface area contributed by atoms with Crippen LogP contribution in [0.25, 0.3) is 0 Å². The fourth-order valence-corrected chi connectivity index (χ4v) is 2.94. The molecule has 0 radical (unpaired) electrons. The number of carbonyl (C=O) groups is 2. The first-order valence-corrected chi connectivity index (χ1v) is 8.39. The molecule has 130 valence electrons. The standard InChI is InChI=1S/C17H18N4O3S/c1-11(15(22)23)10-21(2)17(24)20-16-19-9-14(25-16)7-12-3-5-13(8-18)6-4-12/h3-6,9,11H,7,10H2,1-2H3,(H,22,23)(H,19,20,24). The van der Waals surface area contributed by atoms with Crippen molar-refractivity contribution in [3.63, 3.8) is 0 Å². The third-order valence-corrected chi connectivity index (χ3v) is 4.46. The Kier molecular flexibility index (Phi) is 6.08. The number of carboxylic acids is 1. The summed E-state index contributed by atoms with van der Waals surface area (Å²) in [6.45, 7) is 1.66. The molecule has 0 bridgehead atoms. The van der Waals surface area contributed by atoms with Crippen LogP contribution in [0.2, 0.25) is 0 Å². The van der Waals surface area contributed by atoms with Crippen LogP contribution in [0.5, 0.6) is 0 Å². The molecule has 2 rings (SSSR count). The SMILES string of the molecule is CC(CN(C)C(=O)Nc1ncc(Cc2ccc(C#N)cc2)s1)C(=O)O. The molecule has 25 heavy (non-hydrogen) atoms. The zero-order valence-corrected chi connectivity index (χ0v) is 14.7. The lowest BCUT2D eigenvalue weighted by Gasteiger charge is -2.19. The molecule has 1 aromatic heterocycles. The van der Waals surface area contributed by atoms with Crippen molar-refractivity contribution >= 4 is 28.5 Å². The molecule has 0 saturated carbocycles. The van der Waals surface area contributed by atoms with Gasteiger partial charge in [-0.3, -0.25) is 10.1 Å². The van der Waals surface area contributed by atoms with Gasteiger partial charge in [-0.05, 0) is 17.7 Å². The number of urea groups is 1. The molecule has 0 aliphatic carbocycles. The van der Waals surface area contributed by atoms with Gasteiger partial charge in [-0.2, -0.15) is 5.26 Å². The molecular weight excluding hydrogens is 340 g/mol. The van der Waals surface area contributed by atoms with E-state index in [-0.39, 0.29) is 6.54 Å². The number of benzene rings is 1. The van der Waals surface area contributed by atoms with Crippen molar-refractivity contribution in [1.82, 2.24) is 9.88 Å². The molecule has 0 aliphatic rings. The zero-order chi connectivity index (χ0) is 18.4. The third kappa shape index (κ3) is 5.29. The minimum absolute atomic E-state index is 0.116. The Hall–Kier alpha value is -2.92. The maximum atomic E-state index is 12.1. The van der Waals surface area contributed by atoms with E-state index in [2.05, 4.69) is 16.4 Å². The summed E-state index contributed by atoms with van der Waals surface area (Å²) in [5.41, 5.74) is 1.66. The lowest BCUT2D eigenvalue weighted by molar-refractivity contribution is -0.141. The van der Waals surface area contributed by atoms with Gasteiger partial charge in [0.25, 0.3) is 0 Å². The van der Waals surface area contributed by atoms with Crippen LogP contribution in [0.15, 0.2) is 30.5 Å². The molecule has 1 heterocycles. The summed E-state index contributed by atoms with van der Waals surface area (Å²) in [6.07, 6.45) is 2.35. The van der Waals surface area contributed by atoms with Crippen molar-refractivity contribution in [1.29, 1.82) is 5.26 Å².